The van der Waals surface area contributed by atoms with Crippen LogP contribution < -0.4 is 10.6 Å². The molecule has 1 heterocycles. The third-order valence-electron chi connectivity index (χ3n) is 4.13. The van der Waals surface area contributed by atoms with Gasteiger partial charge in [0.25, 0.3) is 5.91 Å². The van der Waals surface area contributed by atoms with Crippen molar-refractivity contribution < 1.29 is 4.79 Å². The summed E-state index contributed by atoms with van der Waals surface area (Å²) >= 11 is 0. The Balaban J connectivity index is 1.56. The van der Waals surface area contributed by atoms with Gasteiger partial charge in [0, 0.05) is 18.9 Å². The van der Waals surface area contributed by atoms with E-state index in [0.29, 0.717) is 18.1 Å². The Morgan fingerprint density at radius 1 is 1.00 bits per heavy atom. The van der Waals surface area contributed by atoms with Crippen LogP contribution in [0.15, 0.2) is 67.0 Å². The molecule has 5 nitrogen and oxygen atoms in total. The molecule has 0 aliphatic carbocycles. The number of hydrogen-bond acceptors (Lipinski definition) is 4. The molecule has 0 fully saturated rings. The Bertz CT molecular complexity index is 845. The molecule has 1 unspecified atom stereocenters. The molecule has 0 aliphatic heterocycles. The van der Waals surface area contributed by atoms with E-state index in [2.05, 4.69) is 51.8 Å². The number of nitrogens with zero attached hydrogens (tertiary/aromatic N) is 2. The van der Waals surface area contributed by atoms with Gasteiger partial charge in [-0.05, 0) is 25.0 Å². The van der Waals surface area contributed by atoms with Crippen molar-refractivity contribution in [1.82, 2.24) is 15.3 Å². The molecule has 1 atom stereocenters. The maximum atomic E-state index is 12.3. The summed E-state index contributed by atoms with van der Waals surface area (Å²) in [5.74, 6) is 0.310. The second kappa shape index (κ2) is 8.25. The predicted octanol–water partition coefficient (Wildman–Crippen LogP) is 3.89. The maximum absolute atomic E-state index is 12.3. The van der Waals surface area contributed by atoms with Gasteiger partial charge in [-0.1, -0.05) is 60.2 Å². The van der Waals surface area contributed by atoms with Crippen LogP contribution in [0.3, 0.4) is 0 Å². The first-order valence-corrected chi connectivity index (χ1v) is 8.59. The zero-order valence-electron chi connectivity index (χ0n) is 14.9. The lowest BCUT2D eigenvalue weighted by Gasteiger charge is -2.14. The van der Waals surface area contributed by atoms with Gasteiger partial charge in [-0.25, -0.2) is 9.97 Å². The van der Waals surface area contributed by atoms with Crippen molar-refractivity contribution >= 4 is 11.9 Å². The van der Waals surface area contributed by atoms with Crippen LogP contribution in [-0.2, 0) is 6.54 Å². The third-order valence-corrected chi connectivity index (χ3v) is 4.13. The second-order valence-corrected chi connectivity index (χ2v) is 6.24. The lowest BCUT2D eigenvalue weighted by Crippen LogP contribution is -2.26. The number of carbonyl (C=O) groups is 1. The van der Waals surface area contributed by atoms with Crippen LogP contribution in [0, 0.1) is 6.92 Å². The summed E-state index contributed by atoms with van der Waals surface area (Å²) in [6, 6.07) is 18.0. The van der Waals surface area contributed by atoms with Crippen molar-refractivity contribution in [3.05, 3.63) is 89.2 Å². The summed E-state index contributed by atoms with van der Waals surface area (Å²) in [4.78, 5) is 20.8. The van der Waals surface area contributed by atoms with Gasteiger partial charge >= 0.3 is 0 Å². The van der Waals surface area contributed by atoms with Crippen molar-refractivity contribution in [1.29, 1.82) is 0 Å². The molecule has 0 spiro atoms. The van der Waals surface area contributed by atoms with Gasteiger partial charge in [-0.2, -0.15) is 0 Å². The Hall–Kier alpha value is -3.21. The van der Waals surface area contributed by atoms with E-state index in [4.69, 9.17) is 0 Å². The Labute approximate surface area is 153 Å². The van der Waals surface area contributed by atoms with Crippen molar-refractivity contribution in [3.63, 3.8) is 0 Å². The molecule has 26 heavy (non-hydrogen) atoms. The third kappa shape index (κ3) is 4.66. The zero-order chi connectivity index (χ0) is 18.4. The average molecular weight is 346 g/mol. The average Bonchev–Trinajstić information content (AvgIpc) is 2.68. The fraction of sp³-hybridized carbons (Fsp3) is 0.190. The number of amides is 1. The summed E-state index contributed by atoms with van der Waals surface area (Å²) < 4.78 is 0. The van der Waals surface area contributed by atoms with Gasteiger partial charge < -0.3 is 10.6 Å². The first-order valence-electron chi connectivity index (χ1n) is 8.59. The first-order chi connectivity index (χ1) is 12.6. The van der Waals surface area contributed by atoms with Gasteiger partial charge in [0.2, 0.25) is 5.95 Å². The van der Waals surface area contributed by atoms with E-state index in [-0.39, 0.29) is 11.9 Å². The smallest absolute Gasteiger partial charge is 0.254 e. The highest BCUT2D eigenvalue weighted by molar-refractivity contribution is 5.93. The van der Waals surface area contributed by atoms with E-state index in [1.54, 1.807) is 0 Å². The number of hydrogen-bond donors (Lipinski definition) is 2. The highest BCUT2D eigenvalue weighted by Crippen LogP contribution is 2.12. The van der Waals surface area contributed by atoms with Crippen LogP contribution in [0.5, 0.6) is 0 Å². The number of aromatic nitrogens is 2. The minimum Gasteiger partial charge on any atom is -0.350 e. The normalized spacial score (nSPS) is 11.6. The molecule has 0 saturated heterocycles. The highest BCUT2D eigenvalue weighted by Gasteiger charge is 2.12. The second-order valence-electron chi connectivity index (χ2n) is 6.24. The number of anilines is 1. The van der Waals surface area contributed by atoms with Gasteiger partial charge in [-0.3, -0.25) is 4.79 Å². The molecule has 5 heteroatoms. The molecule has 0 radical (unpaired) electrons. The minimum absolute atomic E-state index is 0.0805. The monoisotopic (exact) mass is 346 g/mol. The number of rotatable bonds is 6. The quantitative estimate of drug-likeness (QED) is 0.711. The SMILES string of the molecule is Cc1ccc(CNc2ncc(C(=O)NC(C)c3ccccc3)cn2)cc1. The molecule has 3 aromatic rings. The van der Waals surface area contributed by atoms with Crippen LogP contribution in [0.2, 0.25) is 0 Å². The number of benzene rings is 2. The van der Waals surface area contributed by atoms with Gasteiger partial charge in [-0.15, -0.1) is 0 Å². The molecule has 1 aromatic heterocycles. The van der Waals surface area contributed by atoms with E-state index in [0.717, 1.165) is 11.1 Å². The van der Waals surface area contributed by atoms with Crippen molar-refractivity contribution in [3.8, 4) is 0 Å². The molecule has 132 valence electrons. The van der Waals surface area contributed by atoms with Gasteiger partial charge in [0.15, 0.2) is 0 Å². The van der Waals surface area contributed by atoms with Gasteiger partial charge in [0.05, 0.1) is 11.6 Å². The lowest BCUT2D eigenvalue weighted by molar-refractivity contribution is 0.0939. The molecule has 2 aromatic carbocycles. The Morgan fingerprint density at radius 2 is 1.65 bits per heavy atom. The molecule has 0 bridgehead atoms. The highest BCUT2D eigenvalue weighted by atomic mass is 16.1. The standard InChI is InChI=1S/C21H22N4O/c1-15-8-10-17(11-9-15)12-22-21-23-13-19(14-24-21)20(26)25-16(2)18-6-4-3-5-7-18/h3-11,13-14,16H,12H2,1-2H3,(H,25,26)(H,22,23,24). The molecular weight excluding hydrogens is 324 g/mol. The summed E-state index contributed by atoms with van der Waals surface area (Å²) in [5, 5.41) is 6.11. The van der Waals surface area contributed by atoms with Crippen molar-refractivity contribution in [2.75, 3.05) is 5.32 Å². The zero-order valence-corrected chi connectivity index (χ0v) is 14.9. The lowest BCUT2D eigenvalue weighted by atomic mass is 10.1. The largest absolute Gasteiger partial charge is 0.350 e. The van der Waals surface area contributed by atoms with Crippen LogP contribution >= 0.6 is 0 Å². The molecule has 2 N–H and O–H groups in total. The van der Waals surface area contributed by atoms with Crippen LogP contribution in [0.25, 0.3) is 0 Å². The fourth-order valence-electron chi connectivity index (χ4n) is 2.53. The minimum atomic E-state index is -0.188. The van der Waals surface area contributed by atoms with E-state index >= 15 is 0 Å². The summed E-state index contributed by atoms with van der Waals surface area (Å²) in [6.45, 7) is 4.64. The fourth-order valence-corrected chi connectivity index (χ4v) is 2.53. The van der Waals surface area contributed by atoms with Crippen LogP contribution in [0.1, 0.15) is 40.0 Å². The summed E-state index contributed by atoms with van der Waals surface area (Å²) in [6.07, 6.45) is 3.08. The Morgan fingerprint density at radius 3 is 2.31 bits per heavy atom. The molecule has 1 amide bonds. The van der Waals surface area contributed by atoms with Crippen LogP contribution in [0.4, 0.5) is 5.95 Å². The number of carbonyl (C=O) groups excluding carboxylic acids is 1. The molecule has 3 rings (SSSR count). The van der Waals surface area contributed by atoms with E-state index in [9.17, 15) is 4.79 Å². The summed E-state index contributed by atoms with van der Waals surface area (Å²) in [5.41, 5.74) is 3.87. The predicted molar refractivity (Wildman–Crippen MR) is 103 cm³/mol. The topological polar surface area (TPSA) is 66.9 Å². The number of nitrogens with one attached hydrogen (secondary N) is 2. The summed E-state index contributed by atoms with van der Waals surface area (Å²) in [7, 11) is 0. The first kappa shape index (κ1) is 17.6. The van der Waals surface area contributed by atoms with Gasteiger partial charge in [0.1, 0.15) is 0 Å². The van der Waals surface area contributed by atoms with Crippen molar-refractivity contribution in [2.24, 2.45) is 0 Å². The van der Waals surface area contributed by atoms with E-state index in [1.165, 1.54) is 18.0 Å². The maximum Gasteiger partial charge on any atom is 0.254 e. The molecular formula is C21H22N4O. The Kier molecular flexibility index (Phi) is 5.59. The van der Waals surface area contributed by atoms with E-state index in [1.807, 2.05) is 37.3 Å². The number of aryl methyl sites for hydroxylation is 1. The van der Waals surface area contributed by atoms with E-state index < -0.39 is 0 Å². The molecule has 0 saturated carbocycles. The van der Waals surface area contributed by atoms with Crippen molar-refractivity contribution in [2.45, 2.75) is 26.4 Å². The van der Waals surface area contributed by atoms with Crippen LogP contribution in [-0.4, -0.2) is 15.9 Å². The molecule has 0 aliphatic rings.